The Balaban J connectivity index is 1.99. The number of aliphatic hydroxyl groups excluding tert-OH is 1. The summed E-state index contributed by atoms with van der Waals surface area (Å²) in [5, 5.41) is 9.75. The molecule has 1 aromatic carbocycles. The number of likely N-dealkylation sites (tertiary alicyclic amines) is 1. The summed E-state index contributed by atoms with van der Waals surface area (Å²) in [6.45, 7) is 3.73. The number of amides is 1. The second kappa shape index (κ2) is 7.00. The van der Waals surface area contributed by atoms with E-state index in [0.29, 0.717) is 0 Å². The number of primary amides is 1. The molecule has 2 atom stereocenters. The Bertz CT molecular complexity index is 470. The highest BCUT2D eigenvalue weighted by atomic mass is 19.1. The summed E-state index contributed by atoms with van der Waals surface area (Å²) >= 11 is 0. The minimum absolute atomic E-state index is 0.0514. The molecule has 0 radical (unpaired) electrons. The Kier molecular flexibility index (Phi) is 5.31. The first-order valence-corrected chi connectivity index (χ1v) is 7.49. The highest BCUT2D eigenvalue weighted by Gasteiger charge is 2.30. The van der Waals surface area contributed by atoms with E-state index in [1.54, 1.807) is 0 Å². The van der Waals surface area contributed by atoms with Gasteiger partial charge in [0.1, 0.15) is 11.9 Å². The smallest absolute Gasteiger partial charge is 0.246 e. The van der Waals surface area contributed by atoms with Gasteiger partial charge in [-0.3, -0.25) is 9.69 Å². The van der Waals surface area contributed by atoms with E-state index >= 15 is 0 Å². The van der Waals surface area contributed by atoms with Gasteiger partial charge in [0, 0.05) is 6.04 Å². The molecule has 1 aromatic rings. The van der Waals surface area contributed by atoms with Gasteiger partial charge in [0.05, 0.1) is 0 Å². The van der Waals surface area contributed by atoms with Crippen LogP contribution >= 0.6 is 0 Å². The fourth-order valence-electron chi connectivity index (χ4n) is 3.17. The molecule has 5 heteroatoms. The predicted molar refractivity (Wildman–Crippen MR) is 78.9 cm³/mol. The Morgan fingerprint density at radius 3 is 2.43 bits per heavy atom. The van der Waals surface area contributed by atoms with Crippen LogP contribution in [0.1, 0.15) is 37.8 Å². The Morgan fingerprint density at radius 1 is 1.38 bits per heavy atom. The first-order chi connectivity index (χ1) is 10.0. The summed E-state index contributed by atoms with van der Waals surface area (Å²) < 4.78 is 13.0. The number of nitrogens with two attached hydrogens (primary N) is 1. The van der Waals surface area contributed by atoms with E-state index < -0.39 is 12.0 Å². The largest absolute Gasteiger partial charge is 0.383 e. The third-order valence-electron chi connectivity index (χ3n) is 4.39. The molecule has 1 heterocycles. The first-order valence-electron chi connectivity index (χ1n) is 7.49. The number of benzene rings is 1. The van der Waals surface area contributed by atoms with Gasteiger partial charge in [-0.25, -0.2) is 4.39 Å². The van der Waals surface area contributed by atoms with Crippen molar-refractivity contribution in [2.75, 3.05) is 13.1 Å². The van der Waals surface area contributed by atoms with Gasteiger partial charge in [0.2, 0.25) is 5.91 Å². The van der Waals surface area contributed by atoms with Crippen LogP contribution in [0.2, 0.25) is 0 Å². The van der Waals surface area contributed by atoms with E-state index in [4.69, 9.17) is 5.73 Å². The predicted octanol–water partition coefficient (Wildman–Crippen LogP) is 1.83. The van der Waals surface area contributed by atoms with Crippen LogP contribution in [0.25, 0.3) is 0 Å². The van der Waals surface area contributed by atoms with Crippen LogP contribution in [-0.2, 0) is 4.79 Å². The van der Waals surface area contributed by atoms with E-state index in [0.717, 1.165) is 37.9 Å². The lowest BCUT2D eigenvalue weighted by atomic mass is 9.89. The molecule has 0 aromatic heterocycles. The van der Waals surface area contributed by atoms with E-state index in [-0.39, 0.29) is 17.8 Å². The molecule has 1 aliphatic heterocycles. The first kappa shape index (κ1) is 15.9. The molecule has 1 aliphatic rings. The maximum atomic E-state index is 13.0. The van der Waals surface area contributed by atoms with Gasteiger partial charge < -0.3 is 10.8 Å². The SMILES string of the molecule is CCC(c1ccc(F)cc1)N1CCC(C(O)C(N)=O)CC1. The van der Waals surface area contributed by atoms with Crippen molar-refractivity contribution in [3.8, 4) is 0 Å². The summed E-state index contributed by atoms with van der Waals surface area (Å²) in [4.78, 5) is 13.4. The van der Waals surface area contributed by atoms with Gasteiger partial charge in [-0.05, 0) is 56.0 Å². The van der Waals surface area contributed by atoms with Crippen molar-refractivity contribution in [2.24, 2.45) is 11.7 Å². The fraction of sp³-hybridized carbons (Fsp3) is 0.562. The number of hydrogen-bond acceptors (Lipinski definition) is 3. The number of halogens is 1. The molecule has 0 aliphatic carbocycles. The van der Waals surface area contributed by atoms with Gasteiger partial charge in [-0.1, -0.05) is 19.1 Å². The number of aliphatic hydroxyl groups is 1. The van der Waals surface area contributed by atoms with Crippen molar-refractivity contribution in [1.29, 1.82) is 0 Å². The topological polar surface area (TPSA) is 66.6 Å². The number of nitrogens with zero attached hydrogens (tertiary/aromatic N) is 1. The van der Waals surface area contributed by atoms with E-state index in [9.17, 15) is 14.3 Å². The Morgan fingerprint density at radius 2 is 1.95 bits per heavy atom. The Labute approximate surface area is 124 Å². The maximum Gasteiger partial charge on any atom is 0.246 e. The highest BCUT2D eigenvalue weighted by Crippen LogP contribution is 2.30. The number of piperidine rings is 1. The number of carbonyl (C=O) groups is 1. The van der Waals surface area contributed by atoms with E-state index in [1.807, 2.05) is 12.1 Å². The molecule has 2 rings (SSSR count). The van der Waals surface area contributed by atoms with E-state index in [2.05, 4.69) is 11.8 Å². The van der Waals surface area contributed by atoms with Gasteiger partial charge in [-0.2, -0.15) is 0 Å². The summed E-state index contributed by atoms with van der Waals surface area (Å²) in [5.41, 5.74) is 6.26. The molecule has 0 bridgehead atoms. The van der Waals surface area contributed by atoms with Crippen molar-refractivity contribution in [2.45, 2.75) is 38.3 Å². The van der Waals surface area contributed by atoms with Crippen molar-refractivity contribution >= 4 is 5.91 Å². The zero-order valence-electron chi connectivity index (χ0n) is 12.3. The normalized spacial score (nSPS) is 20.1. The molecule has 0 spiro atoms. The quantitative estimate of drug-likeness (QED) is 0.870. The number of rotatable bonds is 5. The lowest BCUT2D eigenvalue weighted by Gasteiger charge is -2.38. The molecule has 1 fully saturated rings. The van der Waals surface area contributed by atoms with Crippen LogP contribution in [0.15, 0.2) is 24.3 Å². The standard InChI is InChI=1S/C16H23FN2O2/c1-2-14(11-3-5-13(17)6-4-11)19-9-7-12(8-10-19)15(20)16(18)21/h3-6,12,14-15,20H,2,7-10H2,1H3,(H2,18,21). The zero-order chi connectivity index (χ0) is 15.4. The minimum Gasteiger partial charge on any atom is -0.383 e. The molecule has 0 saturated carbocycles. The van der Waals surface area contributed by atoms with Crippen molar-refractivity contribution in [3.05, 3.63) is 35.6 Å². The van der Waals surface area contributed by atoms with Crippen LogP contribution in [0.3, 0.4) is 0 Å². The maximum absolute atomic E-state index is 13.0. The van der Waals surface area contributed by atoms with E-state index in [1.165, 1.54) is 12.1 Å². The molecule has 21 heavy (non-hydrogen) atoms. The molecular formula is C16H23FN2O2. The van der Waals surface area contributed by atoms with Crippen molar-refractivity contribution in [1.82, 2.24) is 4.90 Å². The lowest BCUT2D eigenvalue weighted by Crippen LogP contribution is -2.43. The average molecular weight is 294 g/mol. The van der Waals surface area contributed by atoms with Crippen molar-refractivity contribution < 1.29 is 14.3 Å². The van der Waals surface area contributed by atoms with Crippen LogP contribution < -0.4 is 5.73 Å². The van der Waals surface area contributed by atoms with Crippen LogP contribution in [0.5, 0.6) is 0 Å². The molecule has 4 nitrogen and oxygen atoms in total. The van der Waals surface area contributed by atoms with Gasteiger partial charge in [0.15, 0.2) is 0 Å². The molecule has 2 unspecified atom stereocenters. The van der Waals surface area contributed by atoms with Crippen LogP contribution in [-0.4, -0.2) is 35.1 Å². The summed E-state index contributed by atoms with van der Waals surface area (Å²) in [6, 6.07) is 6.88. The van der Waals surface area contributed by atoms with Gasteiger partial charge in [0.25, 0.3) is 0 Å². The molecule has 1 saturated heterocycles. The fourth-order valence-corrected chi connectivity index (χ4v) is 3.17. The van der Waals surface area contributed by atoms with Crippen LogP contribution in [0, 0.1) is 11.7 Å². The third-order valence-corrected chi connectivity index (χ3v) is 4.39. The molecule has 3 N–H and O–H groups in total. The third kappa shape index (κ3) is 3.80. The van der Waals surface area contributed by atoms with Crippen molar-refractivity contribution in [3.63, 3.8) is 0 Å². The number of carbonyl (C=O) groups excluding carboxylic acids is 1. The number of hydrogen-bond donors (Lipinski definition) is 2. The molecular weight excluding hydrogens is 271 g/mol. The zero-order valence-corrected chi connectivity index (χ0v) is 12.3. The lowest BCUT2D eigenvalue weighted by molar-refractivity contribution is -0.129. The van der Waals surface area contributed by atoms with Gasteiger partial charge >= 0.3 is 0 Å². The van der Waals surface area contributed by atoms with Crippen LogP contribution in [0.4, 0.5) is 4.39 Å². The molecule has 1 amide bonds. The second-order valence-electron chi connectivity index (χ2n) is 5.70. The van der Waals surface area contributed by atoms with Gasteiger partial charge in [-0.15, -0.1) is 0 Å². The highest BCUT2D eigenvalue weighted by molar-refractivity contribution is 5.78. The summed E-state index contributed by atoms with van der Waals surface area (Å²) in [6.07, 6.45) is 1.40. The summed E-state index contributed by atoms with van der Waals surface area (Å²) in [7, 11) is 0. The average Bonchev–Trinajstić information content (AvgIpc) is 2.50. The monoisotopic (exact) mass is 294 g/mol. The minimum atomic E-state index is -1.04. The summed E-state index contributed by atoms with van der Waals surface area (Å²) in [5.74, 6) is -0.916. The Hall–Kier alpha value is -1.46. The second-order valence-corrected chi connectivity index (χ2v) is 5.70. The molecule has 116 valence electrons.